The van der Waals surface area contributed by atoms with E-state index in [1.54, 1.807) is 6.92 Å². The van der Waals surface area contributed by atoms with E-state index in [-0.39, 0.29) is 28.2 Å². The molecule has 1 aliphatic heterocycles. The van der Waals surface area contributed by atoms with Crippen molar-refractivity contribution in [2.45, 2.75) is 38.0 Å². The van der Waals surface area contributed by atoms with Gasteiger partial charge in [-0.05, 0) is 37.5 Å². The molecule has 1 aromatic carbocycles. The highest BCUT2D eigenvalue weighted by molar-refractivity contribution is 7.89. The number of anilines is 1. The van der Waals surface area contributed by atoms with Gasteiger partial charge in [0.25, 0.3) is 0 Å². The third-order valence-electron chi connectivity index (χ3n) is 3.99. The van der Waals surface area contributed by atoms with Crippen molar-refractivity contribution in [3.05, 3.63) is 18.2 Å². The molecule has 1 aliphatic rings. The molecule has 0 bridgehead atoms. The largest absolute Gasteiger partial charge is 0.506 e. The minimum absolute atomic E-state index is 0.0895. The minimum Gasteiger partial charge on any atom is -0.506 e. The van der Waals surface area contributed by atoms with Crippen LogP contribution in [0.15, 0.2) is 23.1 Å². The normalized spacial score (nSPS) is 17.4. The molecule has 1 fully saturated rings. The molecule has 122 valence electrons. The van der Waals surface area contributed by atoms with E-state index in [1.165, 1.54) is 22.5 Å². The molecule has 0 spiro atoms. The number of rotatable bonds is 5. The van der Waals surface area contributed by atoms with Crippen LogP contribution in [-0.2, 0) is 14.8 Å². The first-order valence-electron chi connectivity index (χ1n) is 7.50. The Bertz CT molecular complexity index is 652. The second-order valence-corrected chi connectivity index (χ2v) is 7.53. The first kappa shape index (κ1) is 16.8. The number of benzene rings is 1. The summed E-state index contributed by atoms with van der Waals surface area (Å²) in [6.07, 6.45) is 2.38. The number of nitrogens with zero attached hydrogens (tertiary/aromatic N) is 1. The van der Waals surface area contributed by atoms with Crippen LogP contribution < -0.4 is 5.32 Å². The van der Waals surface area contributed by atoms with Gasteiger partial charge in [0.1, 0.15) is 5.75 Å². The lowest BCUT2D eigenvalue weighted by atomic mass is 10.1. The maximum atomic E-state index is 12.5. The standard InChI is InChI=1S/C15H22N2O4S/c1-3-11(2)15(19)16-13-10-12(6-7-14(13)18)22(20,21)17-8-4-5-9-17/h6-7,10-11,18H,3-5,8-9H2,1-2H3,(H,16,19). The molecule has 2 N–H and O–H groups in total. The van der Waals surface area contributed by atoms with Gasteiger partial charge in [-0.1, -0.05) is 13.8 Å². The highest BCUT2D eigenvalue weighted by atomic mass is 32.2. The molecule has 1 unspecified atom stereocenters. The van der Waals surface area contributed by atoms with Crippen LogP contribution in [0.1, 0.15) is 33.1 Å². The van der Waals surface area contributed by atoms with E-state index in [2.05, 4.69) is 5.32 Å². The number of hydrogen-bond acceptors (Lipinski definition) is 4. The maximum Gasteiger partial charge on any atom is 0.243 e. The highest BCUT2D eigenvalue weighted by Gasteiger charge is 2.28. The van der Waals surface area contributed by atoms with E-state index < -0.39 is 10.0 Å². The van der Waals surface area contributed by atoms with Crippen molar-refractivity contribution in [3.8, 4) is 5.75 Å². The van der Waals surface area contributed by atoms with Gasteiger partial charge < -0.3 is 10.4 Å². The maximum absolute atomic E-state index is 12.5. The first-order chi connectivity index (χ1) is 10.4. The Morgan fingerprint density at radius 1 is 1.36 bits per heavy atom. The molecule has 6 nitrogen and oxygen atoms in total. The summed E-state index contributed by atoms with van der Waals surface area (Å²) < 4.78 is 26.4. The van der Waals surface area contributed by atoms with E-state index in [4.69, 9.17) is 0 Å². The quantitative estimate of drug-likeness (QED) is 0.812. The number of phenolic OH excluding ortho intramolecular Hbond substituents is 1. The smallest absolute Gasteiger partial charge is 0.243 e. The summed E-state index contributed by atoms with van der Waals surface area (Å²) in [4.78, 5) is 12.0. The second kappa shape index (κ2) is 6.66. The first-order valence-corrected chi connectivity index (χ1v) is 8.94. The number of phenols is 1. The van der Waals surface area contributed by atoms with Crippen molar-refractivity contribution < 1.29 is 18.3 Å². The van der Waals surface area contributed by atoms with Crippen LogP contribution in [0.3, 0.4) is 0 Å². The summed E-state index contributed by atoms with van der Waals surface area (Å²) in [5.41, 5.74) is 0.130. The second-order valence-electron chi connectivity index (χ2n) is 5.59. The summed E-state index contributed by atoms with van der Waals surface area (Å²) in [5, 5.41) is 12.4. The summed E-state index contributed by atoms with van der Waals surface area (Å²) in [6.45, 7) is 4.69. The van der Waals surface area contributed by atoms with Gasteiger partial charge in [-0.25, -0.2) is 8.42 Å². The summed E-state index contributed by atoms with van der Waals surface area (Å²) >= 11 is 0. The number of aromatic hydroxyl groups is 1. The van der Waals surface area contributed by atoms with Crippen molar-refractivity contribution in [1.82, 2.24) is 4.31 Å². The molecule has 1 heterocycles. The number of carbonyl (C=O) groups excluding carboxylic acids is 1. The average molecular weight is 326 g/mol. The Balaban J connectivity index is 2.28. The summed E-state index contributed by atoms with van der Waals surface area (Å²) in [7, 11) is -3.57. The monoisotopic (exact) mass is 326 g/mol. The lowest BCUT2D eigenvalue weighted by molar-refractivity contribution is -0.119. The van der Waals surface area contributed by atoms with E-state index in [0.29, 0.717) is 19.5 Å². The Hall–Kier alpha value is -1.60. The fourth-order valence-corrected chi connectivity index (χ4v) is 3.84. The van der Waals surface area contributed by atoms with Crippen LogP contribution in [0.4, 0.5) is 5.69 Å². The zero-order chi connectivity index (χ0) is 16.3. The molecule has 1 amide bonds. The summed E-state index contributed by atoms with van der Waals surface area (Å²) in [5.74, 6) is -0.594. The third kappa shape index (κ3) is 3.41. The van der Waals surface area contributed by atoms with Crippen molar-refractivity contribution in [3.63, 3.8) is 0 Å². The van der Waals surface area contributed by atoms with E-state index in [9.17, 15) is 18.3 Å². The van der Waals surface area contributed by atoms with Gasteiger partial charge in [-0.15, -0.1) is 0 Å². The van der Waals surface area contributed by atoms with Crippen molar-refractivity contribution in [2.24, 2.45) is 5.92 Å². The topological polar surface area (TPSA) is 86.7 Å². The number of hydrogen-bond donors (Lipinski definition) is 2. The zero-order valence-corrected chi connectivity index (χ0v) is 13.7. The third-order valence-corrected chi connectivity index (χ3v) is 5.88. The fraction of sp³-hybridized carbons (Fsp3) is 0.533. The van der Waals surface area contributed by atoms with E-state index in [0.717, 1.165) is 12.8 Å². The molecule has 0 aliphatic carbocycles. The van der Waals surface area contributed by atoms with Gasteiger partial charge in [-0.2, -0.15) is 4.31 Å². The van der Waals surface area contributed by atoms with Crippen LogP contribution in [0.25, 0.3) is 0 Å². The number of sulfonamides is 1. The molecule has 1 saturated heterocycles. The molecule has 0 aromatic heterocycles. The number of carbonyl (C=O) groups is 1. The molecular formula is C15H22N2O4S. The van der Waals surface area contributed by atoms with Gasteiger partial charge in [-0.3, -0.25) is 4.79 Å². The van der Waals surface area contributed by atoms with Crippen LogP contribution in [0.5, 0.6) is 5.75 Å². The van der Waals surface area contributed by atoms with E-state index in [1.807, 2.05) is 6.92 Å². The SMILES string of the molecule is CCC(C)C(=O)Nc1cc(S(=O)(=O)N2CCCC2)ccc1O. The molecule has 1 aromatic rings. The van der Waals surface area contributed by atoms with Gasteiger partial charge in [0.2, 0.25) is 15.9 Å². The zero-order valence-electron chi connectivity index (χ0n) is 12.9. The lowest BCUT2D eigenvalue weighted by Gasteiger charge is -2.17. The van der Waals surface area contributed by atoms with E-state index >= 15 is 0 Å². The lowest BCUT2D eigenvalue weighted by Crippen LogP contribution is -2.28. The molecule has 22 heavy (non-hydrogen) atoms. The Kier molecular flexibility index (Phi) is 5.08. The Morgan fingerprint density at radius 2 is 2.00 bits per heavy atom. The van der Waals surface area contributed by atoms with Crippen molar-refractivity contribution >= 4 is 21.6 Å². The van der Waals surface area contributed by atoms with Gasteiger partial charge in [0.15, 0.2) is 0 Å². The molecular weight excluding hydrogens is 304 g/mol. The molecule has 7 heteroatoms. The molecule has 2 rings (SSSR count). The molecule has 0 radical (unpaired) electrons. The van der Waals surface area contributed by atoms with Crippen LogP contribution in [0, 0.1) is 5.92 Å². The Morgan fingerprint density at radius 3 is 2.59 bits per heavy atom. The Labute approximate surface area is 131 Å². The fourth-order valence-electron chi connectivity index (χ4n) is 2.29. The molecule has 0 saturated carbocycles. The van der Waals surface area contributed by atoms with Gasteiger partial charge >= 0.3 is 0 Å². The predicted octanol–water partition coefficient (Wildman–Crippen LogP) is 2.16. The van der Waals surface area contributed by atoms with Crippen molar-refractivity contribution in [1.29, 1.82) is 0 Å². The van der Waals surface area contributed by atoms with Gasteiger partial charge in [0.05, 0.1) is 10.6 Å². The average Bonchev–Trinajstić information content (AvgIpc) is 3.03. The summed E-state index contributed by atoms with van der Waals surface area (Å²) in [6, 6.07) is 3.99. The molecule has 1 atom stereocenters. The highest BCUT2D eigenvalue weighted by Crippen LogP contribution is 2.29. The predicted molar refractivity (Wildman–Crippen MR) is 84.2 cm³/mol. The van der Waals surface area contributed by atoms with Crippen LogP contribution in [-0.4, -0.2) is 36.8 Å². The van der Waals surface area contributed by atoms with Crippen LogP contribution in [0.2, 0.25) is 0 Å². The van der Waals surface area contributed by atoms with Crippen molar-refractivity contribution in [2.75, 3.05) is 18.4 Å². The van der Waals surface area contributed by atoms with Crippen LogP contribution >= 0.6 is 0 Å². The number of amides is 1. The minimum atomic E-state index is -3.57. The van der Waals surface area contributed by atoms with Gasteiger partial charge in [0, 0.05) is 19.0 Å². The number of nitrogens with one attached hydrogen (secondary N) is 1.